The Hall–Kier alpha value is -1.52. The molecule has 0 atom stereocenters. The molecule has 0 aromatic heterocycles. The van der Waals surface area contributed by atoms with Crippen LogP contribution in [0.25, 0.3) is 0 Å². The number of benzene rings is 1. The van der Waals surface area contributed by atoms with Gasteiger partial charge in [0.05, 0.1) is 10.4 Å². The van der Waals surface area contributed by atoms with Gasteiger partial charge in [0, 0.05) is 4.90 Å². The summed E-state index contributed by atoms with van der Waals surface area (Å²) >= 11 is 1.60. The average molecular weight is 311 g/mol. The van der Waals surface area contributed by atoms with Crippen molar-refractivity contribution in [3.63, 3.8) is 0 Å². The molecule has 20 heavy (non-hydrogen) atoms. The van der Waals surface area contributed by atoms with E-state index in [4.69, 9.17) is 5.26 Å². The molecule has 0 bridgehead atoms. The van der Waals surface area contributed by atoms with Gasteiger partial charge in [-0.3, -0.25) is 5.43 Å². The molecule has 0 amide bonds. The zero-order valence-electron chi connectivity index (χ0n) is 11.8. The van der Waals surface area contributed by atoms with Gasteiger partial charge in [0.25, 0.3) is 5.04 Å². The van der Waals surface area contributed by atoms with E-state index in [0.717, 1.165) is 4.90 Å². The summed E-state index contributed by atoms with van der Waals surface area (Å²) in [4.78, 5) is 1.09. The molecule has 0 saturated carbocycles. The summed E-state index contributed by atoms with van der Waals surface area (Å²) in [5.41, 5.74) is 3.23. The molecule has 0 heterocycles. The van der Waals surface area contributed by atoms with Crippen LogP contribution in [-0.4, -0.2) is 24.5 Å². The lowest BCUT2D eigenvalue weighted by atomic mass is 10.3. The fourth-order valence-corrected chi connectivity index (χ4v) is 2.49. The maximum Gasteiger partial charge on any atom is 0.252 e. The second-order valence-electron chi connectivity index (χ2n) is 4.98. The van der Waals surface area contributed by atoms with E-state index in [1.165, 1.54) is 20.8 Å². The Bertz CT molecular complexity index is 636. The van der Waals surface area contributed by atoms with Gasteiger partial charge in [-0.2, -0.15) is 10.4 Å². The number of rotatable bonds is 3. The van der Waals surface area contributed by atoms with E-state index in [9.17, 15) is 8.42 Å². The first-order chi connectivity index (χ1) is 9.22. The summed E-state index contributed by atoms with van der Waals surface area (Å²) in [5.74, 6) is 0. The molecule has 0 aliphatic heterocycles. The highest BCUT2D eigenvalue weighted by molar-refractivity contribution is 8.08. The summed E-state index contributed by atoms with van der Waals surface area (Å²) < 4.78 is 23.2. The van der Waals surface area contributed by atoms with Crippen LogP contribution < -0.4 is 5.43 Å². The molecule has 1 aromatic rings. The quantitative estimate of drug-likeness (QED) is 0.402. The second kappa shape index (κ2) is 6.29. The van der Waals surface area contributed by atoms with E-state index < -0.39 is 19.6 Å². The summed E-state index contributed by atoms with van der Waals surface area (Å²) in [6, 6.07) is 8.94. The number of hydrazone groups is 1. The predicted octanol–water partition coefficient (Wildman–Crippen LogP) is 2.87. The van der Waals surface area contributed by atoms with Crippen LogP contribution in [0.2, 0.25) is 0 Å². The first kappa shape index (κ1) is 16.5. The highest BCUT2D eigenvalue weighted by Gasteiger charge is 2.34. The Kier molecular flexibility index (Phi) is 5.20. The van der Waals surface area contributed by atoms with E-state index >= 15 is 0 Å². The third kappa shape index (κ3) is 3.74. The summed E-state index contributed by atoms with van der Waals surface area (Å²) in [5, 5.41) is 12.2. The standard InChI is InChI=1S/C13H17N3O2S2/c1-13(2,3)20(17,18)12(9-14)16-15-10-5-7-11(19-4)8-6-10/h5-8,15H,1-4H3. The number of hydrogen-bond donors (Lipinski definition) is 1. The third-order valence-electron chi connectivity index (χ3n) is 2.53. The molecular weight excluding hydrogens is 294 g/mol. The van der Waals surface area contributed by atoms with Crippen molar-refractivity contribution in [3.8, 4) is 6.07 Å². The first-order valence-electron chi connectivity index (χ1n) is 5.85. The van der Waals surface area contributed by atoms with E-state index in [2.05, 4.69) is 10.5 Å². The summed E-state index contributed by atoms with van der Waals surface area (Å²) in [6.45, 7) is 4.59. The van der Waals surface area contributed by atoms with Crippen molar-refractivity contribution in [3.05, 3.63) is 24.3 Å². The minimum absolute atomic E-state index is 0.515. The third-order valence-corrected chi connectivity index (χ3v) is 5.58. The van der Waals surface area contributed by atoms with Gasteiger partial charge in [-0.1, -0.05) is 0 Å². The molecule has 0 aliphatic rings. The lowest BCUT2D eigenvalue weighted by Gasteiger charge is -2.17. The van der Waals surface area contributed by atoms with Gasteiger partial charge in [-0.05, 0) is 51.3 Å². The van der Waals surface area contributed by atoms with Crippen molar-refractivity contribution >= 4 is 32.3 Å². The minimum Gasteiger partial charge on any atom is -0.277 e. The van der Waals surface area contributed by atoms with Crippen LogP contribution >= 0.6 is 11.8 Å². The molecule has 5 nitrogen and oxygen atoms in total. The molecule has 0 saturated heterocycles. The number of thioether (sulfide) groups is 1. The molecule has 1 N–H and O–H groups in total. The van der Waals surface area contributed by atoms with Crippen LogP contribution in [0.3, 0.4) is 0 Å². The highest BCUT2D eigenvalue weighted by atomic mass is 32.2. The fraction of sp³-hybridized carbons (Fsp3) is 0.385. The van der Waals surface area contributed by atoms with Gasteiger partial charge >= 0.3 is 0 Å². The van der Waals surface area contributed by atoms with Crippen molar-refractivity contribution in [2.75, 3.05) is 11.7 Å². The molecule has 108 valence electrons. The Balaban J connectivity index is 3.00. The lowest BCUT2D eigenvalue weighted by Crippen LogP contribution is -2.34. The van der Waals surface area contributed by atoms with E-state index in [0.29, 0.717) is 5.69 Å². The number of nitrogens with zero attached hydrogens (tertiary/aromatic N) is 2. The van der Waals surface area contributed by atoms with Gasteiger partial charge in [0.2, 0.25) is 9.84 Å². The van der Waals surface area contributed by atoms with Crippen LogP contribution in [0.5, 0.6) is 0 Å². The summed E-state index contributed by atoms with van der Waals surface area (Å²) in [6.07, 6.45) is 1.96. The first-order valence-corrected chi connectivity index (χ1v) is 8.55. The predicted molar refractivity (Wildman–Crippen MR) is 83.6 cm³/mol. The number of hydrogen-bond acceptors (Lipinski definition) is 6. The maximum absolute atomic E-state index is 12.1. The van der Waals surface area contributed by atoms with E-state index in [1.54, 1.807) is 30.0 Å². The van der Waals surface area contributed by atoms with Crippen LogP contribution in [-0.2, 0) is 9.84 Å². The van der Waals surface area contributed by atoms with Gasteiger partial charge < -0.3 is 0 Å². The SMILES string of the molecule is CSc1ccc(NN=C(C#N)S(=O)(=O)C(C)(C)C)cc1. The van der Waals surface area contributed by atoms with Gasteiger partial charge in [0.15, 0.2) is 0 Å². The molecule has 0 unspecified atom stereocenters. The van der Waals surface area contributed by atoms with E-state index in [1.807, 2.05) is 18.4 Å². The van der Waals surface area contributed by atoms with Crippen molar-refractivity contribution in [2.24, 2.45) is 5.10 Å². The zero-order valence-corrected chi connectivity index (χ0v) is 13.5. The molecule has 0 spiro atoms. The summed E-state index contributed by atoms with van der Waals surface area (Å²) in [7, 11) is -3.75. The number of anilines is 1. The van der Waals surface area contributed by atoms with Crippen LogP contribution in [0, 0.1) is 11.3 Å². The Labute approximate surface area is 124 Å². The van der Waals surface area contributed by atoms with Crippen LogP contribution in [0.4, 0.5) is 5.69 Å². The smallest absolute Gasteiger partial charge is 0.252 e. The Morgan fingerprint density at radius 1 is 1.30 bits per heavy atom. The Morgan fingerprint density at radius 2 is 1.85 bits per heavy atom. The van der Waals surface area contributed by atoms with Crippen molar-refractivity contribution in [2.45, 2.75) is 30.4 Å². The molecular formula is C13H17N3O2S2. The van der Waals surface area contributed by atoms with Gasteiger partial charge in [-0.25, -0.2) is 8.42 Å². The Morgan fingerprint density at radius 3 is 2.25 bits per heavy atom. The fourth-order valence-electron chi connectivity index (χ4n) is 1.22. The molecule has 7 heteroatoms. The van der Waals surface area contributed by atoms with Crippen LogP contribution in [0.1, 0.15) is 20.8 Å². The monoisotopic (exact) mass is 311 g/mol. The average Bonchev–Trinajstić information content (AvgIpc) is 2.38. The molecule has 0 aliphatic carbocycles. The van der Waals surface area contributed by atoms with Crippen molar-refractivity contribution in [1.82, 2.24) is 0 Å². The molecule has 1 rings (SSSR count). The van der Waals surface area contributed by atoms with Crippen LogP contribution in [0.15, 0.2) is 34.3 Å². The topological polar surface area (TPSA) is 82.3 Å². The lowest BCUT2D eigenvalue weighted by molar-refractivity contribution is 0.573. The second-order valence-corrected chi connectivity index (χ2v) is 8.48. The number of nitriles is 1. The largest absolute Gasteiger partial charge is 0.277 e. The van der Waals surface area contributed by atoms with Crippen molar-refractivity contribution < 1.29 is 8.42 Å². The molecule has 0 radical (unpaired) electrons. The van der Waals surface area contributed by atoms with E-state index in [-0.39, 0.29) is 0 Å². The normalized spacial score (nSPS) is 12.8. The van der Waals surface area contributed by atoms with Crippen molar-refractivity contribution in [1.29, 1.82) is 5.26 Å². The molecule has 0 fully saturated rings. The number of nitrogens with one attached hydrogen (secondary N) is 1. The van der Waals surface area contributed by atoms with Gasteiger partial charge in [0.1, 0.15) is 6.07 Å². The van der Waals surface area contributed by atoms with Gasteiger partial charge in [-0.15, -0.1) is 11.8 Å². The molecule has 1 aromatic carbocycles. The zero-order chi connectivity index (χ0) is 15.4. The minimum atomic E-state index is -3.75. The maximum atomic E-state index is 12.1. The number of sulfone groups is 1. The highest BCUT2D eigenvalue weighted by Crippen LogP contribution is 2.19.